The number of benzene rings is 1. The molecule has 3 aromatic rings. The molecule has 3 atom stereocenters. The lowest BCUT2D eigenvalue weighted by Crippen LogP contribution is -2.43. The second kappa shape index (κ2) is 7.75. The number of carbonyl (C=O) groups excluding carboxylic acids is 1. The molecule has 1 fully saturated rings. The topological polar surface area (TPSA) is 76.2 Å². The van der Waals surface area contributed by atoms with Crippen LogP contribution in [0.3, 0.4) is 0 Å². The molecule has 28 heavy (non-hydrogen) atoms. The molecule has 0 spiro atoms. The molecule has 0 saturated heterocycles. The molecule has 7 heteroatoms. The zero-order valence-corrected chi connectivity index (χ0v) is 16.4. The molecule has 148 valence electrons. The van der Waals surface area contributed by atoms with Crippen LogP contribution in [0.4, 0.5) is 0 Å². The predicted molar refractivity (Wildman–Crippen MR) is 107 cm³/mol. The number of likely N-dealkylation sites (N-methyl/N-ethyl adjacent to an activating group) is 1. The number of hydrogen-bond acceptors (Lipinski definition) is 4. The first-order valence-electron chi connectivity index (χ1n) is 9.95. The van der Waals surface area contributed by atoms with E-state index in [9.17, 15) is 9.90 Å². The van der Waals surface area contributed by atoms with Crippen LogP contribution in [0, 0.1) is 0 Å². The van der Waals surface area contributed by atoms with E-state index in [0.29, 0.717) is 13.0 Å². The maximum Gasteiger partial charge on any atom is 0.224 e. The summed E-state index contributed by atoms with van der Waals surface area (Å²) in [5.74, 6) is 1.05. The van der Waals surface area contributed by atoms with Crippen LogP contribution in [0.25, 0.3) is 11.0 Å². The van der Waals surface area contributed by atoms with E-state index in [1.165, 1.54) is 0 Å². The molecular weight excluding hydrogens is 354 g/mol. The van der Waals surface area contributed by atoms with Gasteiger partial charge >= 0.3 is 0 Å². The van der Waals surface area contributed by atoms with Gasteiger partial charge < -0.3 is 19.1 Å². The van der Waals surface area contributed by atoms with Gasteiger partial charge in [0.2, 0.25) is 5.91 Å². The molecule has 0 bridgehead atoms. The van der Waals surface area contributed by atoms with Crippen LogP contribution in [0.5, 0.6) is 0 Å². The van der Waals surface area contributed by atoms with Crippen LogP contribution in [0.15, 0.2) is 43.0 Å². The summed E-state index contributed by atoms with van der Waals surface area (Å²) in [5.41, 5.74) is 2.03. The highest BCUT2D eigenvalue weighted by Crippen LogP contribution is 2.33. The number of aliphatic hydroxyl groups excluding tert-OH is 1. The average Bonchev–Trinajstić information content (AvgIpc) is 3.43. The van der Waals surface area contributed by atoms with Gasteiger partial charge in [0.25, 0.3) is 0 Å². The third-order valence-corrected chi connectivity index (χ3v) is 5.94. The molecule has 1 aromatic carbocycles. The molecule has 0 aliphatic heterocycles. The first-order chi connectivity index (χ1) is 13.6. The number of fused-ring (bicyclic) bond motifs is 1. The van der Waals surface area contributed by atoms with Crippen molar-refractivity contribution in [2.45, 2.75) is 57.3 Å². The number of carbonyl (C=O) groups is 1. The van der Waals surface area contributed by atoms with Crippen molar-refractivity contribution in [3.63, 3.8) is 0 Å². The summed E-state index contributed by atoms with van der Waals surface area (Å²) in [4.78, 5) is 23.3. The van der Waals surface area contributed by atoms with Gasteiger partial charge in [0.1, 0.15) is 5.82 Å². The van der Waals surface area contributed by atoms with E-state index < -0.39 is 6.10 Å². The Kier molecular flexibility index (Phi) is 5.17. The van der Waals surface area contributed by atoms with Gasteiger partial charge in [-0.25, -0.2) is 9.97 Å². The normalized spacial score (nSPS) is 22.0. The van der Waals surface area contributed by atoms with Gasteiger partial charge in [0, 0.05) is 38.8 Å². The molecule has 2 aromatic heterocycles. The van der Waals surface area contributed by atoms with Crippen LogP contribution in [0.2, 0.25) is 0 Å². The quantitative estimate of drug-likeness (QED) is 0.711. The number of aromatic nitrogens is 4. The van der Waals surface area contributed by atoms with E-state index in [4.69, 9.17) is 0 Å². The van der Waals surface area contributed by atoms with Crippen LogP contribution >= 0.6 is 0 Å². The maximum absolute atomic E-state index is 12.9. The van der Waals surface area contributed by atoms with Crippen molar-refractivity contribution >= 4 is 16.9 Å². The maximum atomic E-state index is 12.9. The van der Waals surface area contributed by atoms with Crippen LogP contribution in [0.1, 0.15) is 38.1 Å². The van der Waals surface area contributed by atoms with Crippen molar-refractivity contribution in [3.05, 3.63) is 48.8 Å². The summed E-state index contributed by atoms with van der Waals surface area (Å²) in [7, 11) is 1.80. The highest BCUT2D eigenvalue weighted by atomic mass is 16.3. The monoisotopic (exact) mass is 381 g/mol. The molecule has 7 nitrogen and oxygen atoms in total. The Hall–Kier alpha value is -2.67. The van der Waals surface area contributed by atoms with Gasteiger partial charge in [-0.1, -0.05) is 19.1 Å². The Morgan fingerprint density at radius 3 is 2.89 bits per heavy atom. The molecular formula is C21H27N5O2. The first kappa shape index (κ1) is 18.7. The zero-order chi connectivity index (χ0) is 19.7. The van der Waals surface area contributed by atoms with E-state index in [2.05, 4.69) is 21.5 Å². The molecule has 1 aliphatic carbocycles. The van der Waals surface area contributed by atoms with Crippen molar-refractivity contribution in [1.29, 1.82) is 0 Å². The highest BCUT2D eigenvalue weighted by Gasteiger charge is 2.39. The summed E-state index contributed by atoms with van der Waals surface area (Å²) >= 11 is 0. The molecule has 1 saturated carbocycles. The fourth-order valence-corrected chi connectivity index (χ4v) is 4.37. The molecule has 0 radical (unpaired) electrons. The van der Waals surface area contributed by atoms with Crippen LogP contribution in [-0.4, -0.2) is 54.2 Å². The lowest BCUT2D eigenvalue weighted by Gasteiger charge is -2.29. The third-order valence-electron chi connectivity index (χ3n) is 5.94. The number of rotatable bonds is 6. The first-order valence-corrected chi connectivity index (χ1v) is 9.95. The number of imidazole rings is 2. The van der Waals surface area contributed by atoms with Crippen molar-refractivity contribution < 1.29 is 9.90 Å². The molecule has 4 rings (SSSR count). The number of nitrogens with zero attached hydrogens (tertiary/aromatic N) is 5. The third kappa shape index (κ3) is 3.30. The largest absolute Gasteiger partial charge is 0.389 e. The van der Waals surface area contributed by atoms with Gasteiger partial charge in [-0.05, 0) is 25.0 Å². The van der Waals surface area contributed by atoms with E-state index >= 15 is 0 Å². The van der Waals surface area contributed by atoms with Gasteiger partial charge in [-0.3, -0.25) is 4.79 Å². The second-order valence-corrected chi connectivity index (χ2v) is 7.49. The molecule has 1 amide bonds. The molecule has 1 aliphatic rings. The summed E-state index contributed by atoms with van der Waals surface area (Å²) in [6, 6.07) is 7.85. The van der Waals surface area contributed by atoms with Gasteiger partial charge in [-0.2, -0.15) is 0 Å². The van der Waals surface area contributed by atoms with Crippen molar-refractivity contribution in [3.8, 4) is 0 Å². The van der Waals surface area contributed by atoms with E-state index in [-0.39, 0.29) is 18.0 Å². The average molecular weight is 381 g/mol. The van der Waals surface area contributed by atoms with Crippen LogP contribution in [-0.2, 0) is 17.8 Å². The minimum absolute atomic E-state index is 0.0213. The van der Waals surface area contributed by atoms with Gasteiger partial charge in [0.05, 0.1) is 35.5 Å². The summed E-state index contributed by atoms with van der Waals surface area (Å²) in [5, 5.41) is 10.8. The van der Waals surface area contributed by atoms with Gasteiger partial charge in [0.15, 0.2) is 0 Å². The fourth-order valence-electron chi connectivity index (χ4n) is 4.37. The minimum atomic E-state index is -0.580. The Labute approximate surface area is 164 Å². The van der Waals surface area contributed by atoms with E-state index in [1.807, 2.05) is 35.0 Å². The summed E-state index contributed by atoms with van der Waals surface area (Å²) in [6.07, 6.45) is 7.59. The lowest BCUT2D eigenvalue weighted by atomic mass is 10.1. The Bertz CT molecular complexity index is 949. The van der Waals surface area contributed by atoms with Crippen molar-refractivity contribution in [1.82, 2.24) is 24.0 Å². The molecule has 0 unspecified atom stereocenters. The minimum Gasteiger partial charge on any atom is -0.389 e. The Balaban J connectivity index is 1.43. The summed E-state index contributed by atoms with van der Waals surface area (Å²) < 4.78 is 4.08. The number of hydrogen-bond donors (Lipinski definition) is 1. The van der Waals surface area contributed by atoms with E-state index in [0.717, 1.165) is 36.1 Å². The SMILES string of the molecule is CCc1nc2ccccc2n1CCC(=O)N(C)[C@@H]1CC[C@@H](n2ccnc2)[C@@H]1O. The number of para-hydroxylation sites is 2. The second-order valence-electron chi connectivity index (χ2n) is 7.49. The fraction of sp³-hybridized carbons (Fsp3) is 0.476. The van der Waals surface area contributed by atoms with Crippen molar-refractivity contribution in [2.75, 3.05) is 7.05 Å². The number of aryl methyl sites for hydroxylation is 2. The zero-order valence-electron chi connectivity index (χ0n) is 16.4. The van der Waals surface area contributed by atoms with E-state index in [1.54, 1.807) is 24.5 Å². The summed E-state index contributed by atoms with van der Waals surface area (Å²) in [6.45, 7) is 2.68. The Morgan fingerprint density at radius 1 is 1.32 bits per heavy atom. The standard InChI is InChI=1S/C21H27N5O2/c1-3-19-23-15-6-4-5-7-16(15)26(19)12-10-20(27)24(2)17-8-9-18(21(17)28)25-13-11-22-14-25/h4-7,11,13-14,17-18,21,28H,3,8-10,12H2,1-2H3/t17-,18-,21-/m1/s1. The van der Waals surface area contributed by atoms with Crippen molar-refractivity contribution in [2.24, 2.45) is 0 Å². The highest BCUT2D eigenvalue weighted by molar-refractivity contribution is 5.78. The van der Waals surface area contributed by atoms with Gasteiger partial charge in [-0.15, -0.1) is 0 Å². The smallest absolute Gasteiger partial charge is 0.224 e. The Morgan fingerprint density at radius 2 is 2.14 bits per heavy atom. The lowest BCUT2D eigenvalue weighted by molar-refractivity contribution is -0.134. The predicted octanol–water partition coefficient (Wildman–Crippen LogP) is 2.41. The molecule has 1 N–H and O–H groups in total. The van der Waals surface area contributed by atoms with Crippen LogP contribution < -0.4 is 0 Å². The number of amides is 1. The number of aliphatic hydroxyl groups is 1. The molecule has 2 heterocycles.